The van der Waals surface area contributed by atoms with E-state index in [2.05, 4.69) is 48.6 Å². The summed E-state index contributed by atoms with van der Waals surface area (Å²) in [5.74, 6) is 1.86. The maximum absolute atomic E-state index is 12.8. The van der Waals surface area contributed by atoms with E-state index in [1.807, 2.05) is 0 Å². The first kappa shape index (κ1) is 40.5. The monoisotopic (exact) mass is 792 g/mol. The fourth-order valence-electron chi connectivity index (χ4n) is 10.8. The summed E-state index contributed by atoms with van der Waals surface area (Å²) in [5, 5.41) is 0. The Morgan fingerprint density at radius 2 is 0.596 bits per heavy atom. The zero-order valence-corrected chi connectivity index (χ0v) is 33.1. The Labute approximate surface area is 336 Å². The van der Waals surface area contributed by atoms with Crippen molar-refractivity contribution in [3.8, 4) is 0 Å². The van der Waals surface area contributed by atoms with Gasteiger partial charge >= 0.3 is 23.9 Å². The molecule has 0 aliphatic heterocycles. The van der Waals surface area contributed by atoms with Crippen LogP contribution in [0.15, 0.2) is 48.6 Å². The molecule has 57 heavy (non-hydrogen) atoms. The number of ether oxygens (including phenoxy) is 8. The molecule has 8 rings (SSSR count). The molecule has 12 atom stereocenters. The second-order valence-corrected chi connectivity index (χ2v) is 17.9. The Balaban J connectivity index is 0.832. The van der Waals surface area contributed by atoms with Crippen LogP contribution in [0.1, 0.15) is 51.4 Å². The van der Waals surface area contributed by atoms with E-state index in [0.717, 1.165) is 51.4 Å². The third-order valence-electron chi connectivity index (χ3n) is 13.8. The molecule has 0 saturated heterocycles. The molecule has 312 valence electrons. The highest BCUT2D eigenvalue weighted by Crippen LogP contribution is 2.46. The van der Waals surface area contributed by atoms with E-state index in [0.29, 0.717) is 23.7 Å². The molecule has 0 aromatic heterocycles. The quantitative estimate of drug-likeness (QED) is 0.0559. The van der Waals surface area contributed by atoms with Crippen molar-refractivity contribution in [1.29, 1.82) is 0 Å². The molecule has 12 unspecified atom stereocenters. The van der Waals surface area contributed by atoms with Crippen molar-refractivity contribution in [2.45, 2.75) is 51.4 Å². The maximum Gasteiger partial charge on any atom is 0.309 e. The first-order chi connectivity index (χ1) is 27.8. The minimum Gasteiger partial charge on any atom is -0.463 e. The van der Waals surface area contributed by atoms with Gasteiger partial charge in [0.1, 0.15) is 26.4 Å². The lowest BCUT2D eigenvalue weighted by Crippen LogP contribution is -2.43. The number of esters is 4. The lowest BCUT2D eigenvalue weighted by Gasteiger charge is -2.33. The van der Waals surface area contributed by atoms with Gasteiger partial charge in [0.2, 0.25) is 0 Å². The van der Waals surface area contributed by atoms with Gasteiger partial charge in [-0.3, -0.25) is 19.2 Å². The topological polar surface area (TPSA) is 142 Å². The van der Waals surface area contributed by atoms with Crippen molar-refractivity contribution in [1.82, 2.24) is 0 Å². The van der Waals surface area contributed by atoms with Crippen LogP contribution in [0.3, 0.4) is 0 Å². The van der Waals surface area contributed by atoms with Crippen LogP contribution < -0.4 is 0 Å². The number of hydrogen-bond donors (Lipinski definition) is 0. The third-order valence-corrected chi connectivity index (χ3v) is 13.8. The van der Waals surface area contributed by atoms with Crippen LogP contribution in [0.5, 0.6) is 0 Å². The minimum atomic E-state index is -0.836. The molecule has 12 nitrogen and oxygen atoms in total. The average Bonchev–Trinajstić information content (AvgIpc) is 4.08. The van der Waals surface area contributed by atoms with Crippen LogP contribution in [-0.2, 0) is 57.1 Å². The molecule has 4 saturated carbocycles. The van der Waals surface area contributed by atoms with Gasteiger partial charge in [-0.1, -0.05) is 48.6 Å². The molecule has 8 aliphatic carbocycles. The molecule has 4 fully saturated rings. The number of carbonyl (C=O) groups is 4. The van der Waals surface area contributed by atoms with Crippen molar-refractivity contribution in [3.05, 3.63) is 48.6 Å². The summed E-state index contributed by atoms with van der Waals surface area (Å²) in [5.41, 5.74) is -0.836. The van der Waals surface area contributed by atoms with Gasteiger partial charge < -0.3 is 37.9 Å². The number of rotatable bonds is 24. The van der Waals surface area contributed by atoms with E-state index in [1.54, 1.807) is 0 Å². The van der Waals surface area contributed by atoms with Crippen LogP contribution in [0.25, 0.3) is 0 Å². The van der Waals surface area contributed by atoms with Gasteiger partial charge in [-0.05, 0) is 98.7 Å². The molecule has 8 aliphatic rings. The van der Waals surface area contributed by atoms with Crippen molar-refractivity contribution in [2.24, 2.45) is 76.4 Å². The summed E-state index contributed by atoms with van der Waals surface area (Å²) < 4.78 is 47.1. The summed E-state index contributed by atoms with van der Waals surface area (Å²) in [4.78, 5) is 51.3. The molecule has 0 aromatic rings. The normalized spacial score (nSPS) is 35.4. The molecular weight excluding hydrogens is 732 g/mol. The number of carbonyl (C=O) groups excluding carboxylic acids is 4. The minimum absolute atomic E-state index is 0.0903. The van der Waals surface area contributed by atoms with Crippen molar-refractivity contribution in [3.63, 3.8) is 0 Å². The Morgan fingerprint density at radius 1 is 0.351 bits per heavy atom. The summed E-state index contributed by atoms with van der Waals surface area (Å²) in [6.45, 7) is 1.74. The standard InChI is InChI=1S/C45H60O12/c46-41(37-21-29-1-5-33(37)17-29)54-13-9-50-25-45(26-51-10-14-55-42(47)38-22-30-2-6-34(38)18-30,27-52-11-15-56-43(48)39-23-31-3-7-35(39)19-31)28-53-12-16-57-44(49)40-24-32-4-8-36(40)20-32/h1-8,29-40H,9-28H2. The van der Waals surface area contributed by atoms with E-state index >= 15 is 0 Å². The average molecular weight is 793 g/mol. The van der Waals surface area contributed by atoms with Gasteiger partial charge in [-0.15, -0.1) is 0 Å². The zero-order valence-electron chi connectivity index (χ0n) is 33.1. The molecule has 0 amide bonds. The summed E-state index contributed by atoms with van der Waals surface area (Å²) in [6.07, 6.45) is 24.8. The van der Waals surface area contributed by atoms with Gasteiger partial charge in [0.25, 0.3) is 0 Å². The first-order valence-electron chi connectivity index (χ1n) is 21.5. The Morgan fingerprint density at radius 3 is 0.789 bits per heavy atom. The number of hydrogen-bond acceptors (Lipinski definition) is 12. The Bertz CT molecular complexity index is 1340. The number of allylic oxidation sites excluding steroid dienone is 8. The zero-order chi connectivity index (χ0) is 39.2. The molecule has 0 aromatic carbocycles. The predicted molar refractivity (Wildman–Crippen MR) is 205 cm³/mol. The molecule has 0 N–H and O–H groups in total. The van der Waals surface area contributed by atoms with E-state index in [1.165, 1.54) is 0 Å². The largest absolute Gasteiger partial charge is 0.463 e. The lowest BCUT2D eigenvalue weighted by molar-refractivity contribution is -0.156. The van der Waals surface area contributed by atoms with E-state index in [-0.39, 0.29) is 151 Å². The Hall–Kier alpha value is -3.32. The third kappa shape index (κ3) is 9.94. The van der Waals surface area contributed by atoms with Gasteiger partial charge in [0.15, 0.2) is 0 Å². The second-order valence-electron chi connectivity index (χ2n) is 17.9. The first-order valence-corrected chi connectivity index (χ1v) is 21.5. The summed E-state index contributed by atoms with van der Waals surface area (Å²) >= 11 is 0. The van der Waals surface area contributed by atoms with Crippen LogP contribution in [0.2, 0.25) is 0 Å². The summed E-state index contributed by atoms with van der Waals surface area (Å²) in [6, 6.07) is 0. The molecule has 0 radical (unpaired) electrons. The summed E-state index contributed by atoms with van der Waals surface area (Å²) in [7, 11) is 0. The molecule has 12 heteroatoms. The maximum atomic E-state index is 12.8. The van der Waals surface area contributed by atoms with Gasteiger partial charge in [0.05, 0.1) is 81.9 Å². The lowest BCUT2D eigenvalue weighted by atomic mass is 9.92. The fourth-order valence-corrected chi connectivity index (χ4v) is 10.8. The van der Waals surface area contributed by atoms with Gasteiger partial charge in [-0.25, -0.2) is 0 Å². The van der Waals surface area contributed by atoms with Crippen LogP contribution >= 0.6 is 0 Å². The molecule has 0 heterocycles. The molecular formula is C45H60O12. The highest BCUT2D eigenvalue weighted by molar-refractivity contribution is 5.75. The smallest absolute Gasteiger partial charge is 0.309 e. The van der Waals surface area contributed by atoms with Crippen molar-refractivity contribution < 1.29 is 57.1 Å². The van der Waals surface area contributed by atoms with Crippen LogP contribution in [-0.4, -0.2) is 103 Å². The van der Waals surface area contributed by atoms with Gasteiger partial charge in [-0.2, -0.15) is 0 Å². The van der Waals surface area contributed by atoms with Crippen molar-refractivity contribution in [2.75, 3.05) is 79.3 Å². The number of fused-ring (bicyclic) bond motifs is 8. The predicted octanol–water partition coefficient (Wildman–Crippen LogP) is 5.06. The van der Waals surface area contributed by atoms with Crippen LogP contribution in [0, 0.1) is 76.4 Å². The van der Waals surface area contributed by atoms with E-state index in [4.69, 9.17) is 37.9 Å². The molecule has 0 spiro atoms. The SMILES string of the molecule is O=C(OCCOCC(COCCOC(=O)C1CC2C=CC1C2)(COCCOC(=O)C1CC2C=CC1C2)COCCOC(=O)C1CC2C=CC1C2)C1CC2C=CC1C2. The van der Waals surface area contributed by atoms with E-state index < -0.39 is 5.41 Å². The highest BCUT2D eigenvalue weighted by atomic mass is 16.6. The second kappa shape index (κ2) is 18.7. The van der Waals surface area contributed by atoms with E-state index in [9.17, 15) is 19.2 Å². The molecule has 8 bridgehead atoms. The van der Waals surface area contributed by atoms with Crippen LogP contribution in [0.4, 0.5) is 0 Å². The fraction of sp³-hybridized carbons (Fsp3) is 0.733. The Kier molecular flexibility index (Phi) is 13.3. The van der Waals surface area contributed by atoms with Crippen molar-refractivity contribution >= 4 is 23.9 Å². The van der Waals surface area contributed by atoms with Gasteiger partial charge in [0, 0.05) is 0 Å². The highest BCUT2D eigenvalue weighted by Gasteiger charge is 2.44.